The minimum Gasteiger partial charge on any atom is -0.481 e. The molecule has 2 N–H and O–H groups in total. The van der Waals surface area contributed by atoms with Gasteiger partial charge in [-0.25, -0.2) is 0 Å². The number of nitrogens with zero attached hydrogens (tertiary/aromatic N) is 2. The monoisotopic (exact) mass is 293 g/mol. The molecule has 0 atom stereocenters. The van der Waals surface area contributed by atoms with Crippen molar-refractivity contribution in [2.45, 2.75) is 52.0 Å². The van der Waals surface area contributed by atoms with Crippen LogP contribution < -0.4 is 5.32 Å². The second kappa shape index (κ2) is 6.74. The normalized spacial score (nSPS) is 16.8. The molecule has 0 saturated heterocycles. The molecule has 6 heteroatoms. The topological polar surface area (TPSA) is 84.2 Å². The smallest absolute Gasteiger partial charge is 0.303 e. The van der Waals surface area contributed by atoms with E-state index in [2.05, 4.69) is 10.4 Å². The van der Waals surface area contributed by atoms with Crippen LogP contribution in [0, 0.1) is 12.3 Å². The number of nitrogens with one attached hydrogen (secondary N) is 1. The average molecular weight is 293 g/mol. The quantitative estimate of drug-likeness (QED) is 0.802. The van der Waals surface area contributed by atoms with Crippen LogP contribution in [0.2, 0.25) is 0 Å². The Labute approximate surface area is 124 Å². The number of hydrogen-bond donors (Lipinski definition) is 2. The highest BCUT2D eigenvalue weighted by atomic mass is 16.4. The Balaban J connectivity index is 1.78. The summed E-state index contributed by atoms with van der Waals surface area (Å²) in [5, 5.41) is 16.1. The first-order valence-corrected chi connectivity index (χ1v) is 7.47. The van der Waals surface area contributed by atoms with Crippen LogP contribution in [0.5, 0.6) is 0 Å². The number of carboxylic acids is 1. The van der Waals surface area contributed by atoms with Crippen molar-refractivity contribution < 1.29 is 14.7 Å². The Bertz CT molecular complexity index is 504. The van der Waals surface area contributed by atoms with Gasteiger partial charge in [0.05, 0.1) is 19.2 Å². The van der Waals surface area contributed by atoms with Crippen LogP contribution in [0.4, 0.5) is 0 Å². The van der Waals surface area contributed by atoms with Gasteiger partial charge in [-0.1, -0.05) is 12.8 Å². The average Bonchev–Trinajstić information content (AvgIpc) is 2.98. The van der Waals surface area contributed by atoms with Crippen molar-refractivity contribution in [3.05, 3.63) is 18.0 Å². The third kappa shape index (κ3) is 4.58. The van der Waals surface area contributed by atoms with Crippen molar-refractivity contribution in [2.75, 3.05) is 6.54 Å². The van der Waals surface area contributed by atoms with E-state index in [4.69, 9.17) is 5.11 Å². The number of aliphatic carboxylic acids is 1. The van der Waals surface area contributed by atoms with Gasteiger partial charge in [-0.15, -0.1) is 0 Å². The molecule has 0 radical (unpaired) electrons. The number of carbonyl (C=O) groups excluding carboxylic acids is 1. The van der Waals surface area contributed by atoms with Crippen molar-refractivity contribution >= 4 is 11.9 Å². The molecule has 6 nitrogen and oxygen atoms in total. The van der Waals surface area contributed by atoms with E-state index < -0.39 is 5.97 Å². The molecule has 1 aliphatic rings. The van der Waals surface area contributed by atoms with Gasteiger partial charge in [0, 0.05) is 19.2 Å². The van der Waals surface area contributed by atoms with E-state index in [9.17, 15) is 9.59 Å². The highest BCUT2D eigenvalue weighted by Gasteiger charge is 2.37. The number of aryl methyl sites for hydroxylation is 1. The fourth-order valence-corrected chi connectivity index (χ4v) is 3.16. The van der Waals surface area contributed by atoms with Crippen molar-refractivity contribution in [1.29, 1.82) is 0 Å². The molecule has 1 fully saturated rings. The molecule has 116 valence electrons. The first kappa shape index (κ1) is 15.5. The zero-order valence-electron chi connectivity index (χ0n) is 12.5. The Morgan fingerprint density at radius 1 is 1.38 bits per heavy atom. The zero-order valence-corrected chi connectivity index (χ0v) is 12.5. The van der Waals surface area contributed by atoms with Crippen molar-refractivity contribution in [2.24, 2.45) is 5.41 Å². The Kier molecular flexibility index (Phi) is 4.98. The number of carboxylic acid groups (broad SMARTS) is 1. The van der Waals surface area contributed by atoms with Gasteiger partial charge < -0.3 is 10.4 Å². The van der Waals surface area contributed by atoms with Gasteiger partial charge in [-0.2, -0.15) is 5.10 Å². The van der Waals surface area contributed by atoms with E-state index >= 15 is 0 Å². The maximum atomic E-state index is 12.0. The van der Waals surface area contributed by atoms with Crippen LogP contribution in [0.15, 0.2) is 12.4 Å². The van der Waals surface area contributed by atoms with Crippen molar-refractivity contribution in [1.82, 2.24) is 15.1 Å². The van der Waals surface area contributed by atoms with E-state index in [-0.39, 0.29) is 17.7 Å². The molecule has 1 saturated carbocycles. The minimum atomic E-state index is -0.809. The van der Waals surface area contributed by atoms with E-state index in [0.717, 1.165) is 31.2 Å². The van der Waals surface area contributed by atoms with Gasteiger partial charge >= 0.3 is 5.97 Å². The number of carbonyl (C=O) groups is 2. The molecule has 1 aromatic heterocycles. The minimum absolute atomic E-state index is 0.0537. The summed E-state index contributed by atoms with van der Waals surface area (Å²) in [6, 6.07) is 0. The molecule has 0 spiro atoms. The standard InChI is InChI=1S/C15H23N3O3/c1-12-10-17-18(11-12)7-6-16-13(19)8-15(9-14(20)21)4-2-3-5-15/h10-11H,2-9H2,1H3,(H,16,19)(H,20,21). The van der Waals surface area contributed by atoms with Crippen LogP contribution in [-0.4, -0.2) is 33.3 Å². The lowest BCUT2D eigenvalue weighted by Gasteiger charge is -2.26. The van der Waals surface area contributed by atoms with Gasteiger partial charge in [0.15, 0.2) is 0 Å². The summed E-state index contributed by atoms with van der Waals surface area (Å²) in [5.41, 5.74) is 0.755. The van der Waals surface area contributed by atoms with Crippen molar-refractivity contribution in [3.63, 3.8) is 0 Å². The molecular weight excluding hydrogens is 270 g/mol. The Hall–Kier alpha value is -1.85. The molecule has 1 aromatic rings. The SMILES string of the molecule is Cc1cnn(CCNC(=O)CC2(CC(=O)O)CCCC2)c1. The van der Waals surface area contributed by atoms with E-state index in [1.807, 2.05) is 13.1 Å². The first-order chi connectivity index (χ1) is 9.99. The zero-order chi connectivity index (χ0) is 15.3. The van der Waals surface area contributed by atoms with E-state index in [0.29, 0.717) is 19.5 Å². The summed E-state index contributed by atoms with van der Waals surface area (Å²) in [6.07, 6.45) is 7.84. The molecule has 0 bridgehead atoms. The van der Waals surface area contributed by atoms with Crippen LogP contribution in [0.3, 0.4) is 0 Å². The van der Waals surface area contributed by atoms with Crippen molar-refractivity contribution in [3.8, 4) is 0 Å². The van der Waals surface area contributed by atoms with Gasteiger partial charge in [0.1, 0.15) is 0 Å². The summed E-state index contributed by atoms with van der Waals surface area (Å²) in [4.78, 5) is 23.0. The van der Waals surface area contributed by atoms with Crippen LogP contribution in [0.25, 0.3) is 0 Å². The van der Waals surface area contributed by atoms with Gasteiger partial charge in [-0.3, -0.25) is 14.3 Å². The highest BCUT2D eigenvalue weighted by Crippen LogP contribution is 2.43. The molecule has 0 unspecified atom stereocenters. The summed E-state index contributed by atoms with van der Waals surface area (Å²) < 4.78 is 1.79. The molecular formula is C15H23N3O3. The molecule has 1 aliphatic carbocycles. The van der Waals surface area contributed by atoms with Crippen LogP contribution >= 0.6 is 0 Å². The Morgan fingerprint density at radius 3 is 2.67 bits per heavy atom. The predicted octanol–water partition coefficient (Wildman–Crippen LogP) is 1.73. The number of hydrogen-bond acceptors (Lipinski definition) is 3. The maximum Gasteiger partial charge on any atom is 0.303 e. The molecule has 21 heavy (non-hydrogen) atoms. The third-order valence-corrected chi connectivity index (χ3v) is 4.15. The lowest BCUT2D eigenvalue weighted by molar-refractivity contribution is -0.140. The predicted molar refractivity (Wildman–Crippen MR) is 77.7 cm³/mol. The second-order valence-electron chi connectivity index (χ2n) is 6.09. The number of rotatable bonds is 7. The van der Waals surface area contributed by atoms with Gasteiger partial charge in [-0.05, 0) is 30.7 Å². The van der Waals surface area contributed by atoms with E-state index in [1.54, 1.807) is 10.9 Å². The molecule has 2 rings (SSSR count). The van der Waals surface area contributed by atoms with E-state index in [1.165, 1.54) is 0 Å². The lowest BCUT2D eigenvalue weighted by Crippen LogP contribution is -2.33. The fraction of sp³-hybridized carbons (Fsp3) is 0.667. The summed E-state index contributed by atoms with van der Waals surface area (Å²) >= 11 is 0. The molecule has 1 heterocycles. The second-order valence-corrected chi connectivity index (χ2v) is 6.09. The van der Waals surface area contributed by atoms with Gasteiger partial charge in [0.25, 0.3) is 0 Å². The largest absolute Gasteiger partial charge is 0.481 e. The Morgan fingerprint density at radius 2 is 2.10 bits per heavy atom. The highest BCUT2D eigenvalue weighted by molar-refractivity contribution is 5.78. The fourth-order valence-electron chi connectivity index (χ4n) is 3.16. The number of aromatic nitrogens is 2. The first-order valence-electron chi connectivity index (χ1n) is 7.47. The van der Waals surface area contributed by atoms with Gasteiger partial charge in [0.2, 0.25) is 5.91 Å². The number of amides is 1. The van der Waals surface area contributed by atoms with Crippen LogP contribution in [0.1, 0.15) is 44.1 Å². The summed E-state index contributed by atoms with van der Waals surface area (Å²) in [6.45, 7) is 3.12. The molecule has 0 aliphatic heterocycles. The molecule has 1 amide bonds. The summed E-state index contributed by atoms with van der Waals surface area (Å²) in [5.74, 6) is -0.862. The van der Waals surface area contributed by atoms with Crippen LogP contribution in [-0.2, 0) is 16.1 Å². The lowest BCUT2D eigenvalue weighted by atomic mass is 9.79. The maximum absolute atomic E-state index is 12.0. The third-order valence-electron chi connectivity index (χ3n) is 4.15. The molecule has 0 aromatic carbocycles. The summed E-state index contributed by atoms with van der Waals surface area (Å²) in [7, 11) is 0.